The molecule has 0 aromatic carbocycles. The Kier molecular flexibility index (Phi) is 2.27. The van der Waals surface area contributed by atoms with Crippen LogP contribution >= 0.6 is 0 Å². The van der Waals surface area contributed by atoms with Gasteiger partial charge in [0.2, 0.25) is 0 Å². The molecule has 72 valence electrons. The molecule has 1 fully saturated rings. The van der Waals surface area contributed by atoms with Crippen LogP contribution in [0.25, 0.3) is 0 Å². The fraction of sp³-hybridized carbons (Fsp3) is 0.818. The van der Waals surface area contributed by atoms with Crippen LogP contribution in [0, 0.1) is 11.3 Å². The van der Waals surface area contributed by atoms with Crippen molar-refractivity contribution in [2.75, 3.05) is 7.11 Å². The Hall–Kier alpha value is -0.235. The molecule has 13 heavy (non-hydrogen) atoms. The monoisotopic (exact) mass is 178 g/mol. The molecular weight excluding hydrogens is 159 g/mol. The molecule has 0 aromatic heterocycles. The molecule has 0 unspecified atom stereocenters. The molecule has 0 radical (unpaired) electrons. The highest BCUT2D eigenvalue weighted by atomic mass is 16.4. The van der Waals surface area contributed by atoms with Gasteiger partial charge in [-0.2, -0.15) is 0 Å². The van der Waals surface area contributed by atoms with Crippen LogP contribution in [0.5, 0.6) is 0 Å². The summed E-state index contributed by atoms with van der Waals surface area (Å²) in [6, 6.07) is 0. The number of hydrogen-bond donors (Lipinski definition) is 0. The van der Waals surface area contributed by atoms with Crippen LogP contribution in [0.15, 0.2) is 11.6 Å². The van der Waals surface area contributed by atoms with E-state index in [4.69, 9.17) is 4.65 Å². The molecule has 0 spiro atoms. The van der Waals surface area contributed by atoms with Crippen LogP contribution in [0.4, 0.5) is 0 Å². The third-order valence-electron chi connectivity index (χ3n) is 3.58. The van der Waals surface area contributed by atoms with E-state index in [9.17, 15) is 0 Å². The van der Waals surface area contributed by atoms with E-state index >= 15 is 0 Å². The molecule has 0 aromatic rings. The van der Waals surface area contributed by atoms with Crippen molar-refractivity contribution in [1.29, 1.82) is 0 Å². The van der Waals surface area contributed by atoms with Gasteiger partial charge in [0.05, 0.1) is 0 Å². The summed E-state index contributed by atoms with van der Waals surface area (Å²) in [6.45, 7) is 5.17. The smallest absolute Gasteiger partial charge is 0.293 e. The summed E-state index contributed by atoms with van der Waals surface area (Å²) in [6.07, 6.45) is 7.66. The van der Waals surface area contributed by atoms with Crippen LogP contribution in [0.2, 0.25) is 12.6 Å². The van der Waals surface area contributed by atoms with Crippen LogP contribution in [-0.2, 0) is 4.65 Å². The average Bonchev–Trinajstić information content (AvgIpc) is 1.99. The quantitative estimate of drug-likeness (QED) is 0.443. The highest BCUT2D eigenvalue weighted by molar-refractivity contribution is 6.52. The summed E-state index contributed by atoms with van der Waals surface area (Å²) >= 11 is 0. The van der Waals surface area contributed by atoms with Gasteiger partial charge in [-0.1, -0.05) is 18.6 Å². The highest BCUT2D eigenvalue weighted by Crippen LogP contribution is 2.47. The number of fused-ring (bicyclic) bond motifs is 2. The second kappa shape index (κ2) is 3.16. The third-order valence-corrected chi connectivity index (χ3v) is 3.58. The summed E-state index contributed by atoms with van der Waals surface area (Å²) in [4.78, 5) is 0. The van der Waals surface area contributed by atoms with E-state index in [-0.39, 0.29) is 0 Å². The van der Waals surface area contributed by atoms with Crippen LogP contribution in [-0.4, -0.2) is 14.0 Å². The number of rotatable bonds is 1. The van der Waals surface area contributed by atoms with Gasteiger partial charge in [0.1, 0.15) is 0 Å². The summed E-state index contributed by atoms with van der Waals surface area (Å²) in [5, 5.41) is 0. The van der Waals surface area contributed by atoms with Crippen molar-refractivity contribution in [3.63, 3.8) is 0 Å². The molecule has 0 amide bonds. The summed E-state index contributed by atoms with van der Waals surface area (Å²) < 4.78 is 5.50. The number of hydrogen-bond acceptors (Lipinski definition) is 1. The predicted molar refractivity (Wildman–Crippen MR) is 57.0 cm³/mol. The van der Waals surface area contributed by atoms with Gasteiger partial charge in [0.15, 0.2) is 0 Å². The molecule has 2 atom stereocenters. The molecule has 2 aliphatic rings. The predicted octanol–water partition coefficient (Wildman–Crippen LogP) is 3.00. The van der Waals surface area contributed by atoms with Gasteiger partial charge in [0.25, 0.3) is 6.92 Å². The minimum absolute atomic E-state index is 0.436. The molecule has 2 rings (SSSR count). The molecule has 1 heterocycles. The van der Waals surface area contributed by atoms with Crippen molar-refractivity contribution in [1.82, 2.24) is 0 Å². The first-order valence-corrected chi connectivity index (χ1v) is 5.32. The molecule has 0 N–H and O–H groups in total. The van der Waals surface area contributed by atoms with E-state index in [2.05, 4.69) is 19.9 Å². The van der Waals surface area contributed by atoms with Crippen molar-refractivity contribution in [3.05, 3.63) is 11.6 Å². The maximum atomic E-state index is 5.50. The number of allylic oxidation sites excluding steroid dienone is 2. The van der Waals surface area contributed by atoms with Gasteiger partial charge in [0, 0.05) is 7.11 Å². The SMILES string of the molecule is COB1C[C@H]2CC(C)=C[C@@](C)(C1)C2. The molecule has 1 aliphatic carbocycles. The van der Waals surface area contributed by atoms with Crippen molar-refractivity contribution >= 4 is 6.92 Å². The van der Waals surface area contributed by atoms with Crippen LogP contribution < -0.4 is 0 Å². The Bertz CT molecular complexity index is 236. The lowest BCUT2D eigenvalue weighted by Crippen LogP contribution is -2.38. The lowest BCUT2D eigenvalue weighted by Gasteiger charge is -2.42. The van der Waals surface area contributed by atoms with Crippen LogP contribution in [0.1, 0.15) is 26.7 Å². The fourth-order valence-corrected chi connectivity index (χ4v) is 3.36. The maximum absolute atomic E-state index is 5.50. The Labute approximate surface area is 81.7 Å². The van der Waals surface area contributed by atoms with Crippen molar-refractivity contribution in [2.24, 2.45) is 11.3 Å². The van der Waals surface area contributed by atoms with Gasteiger partial charge in [-0.25, -0.2) is 0 Å². The molecule has 0 saturated carbocycles. The minimum Gasteiger partial charge on any atom is -0.438 e. The molecule has 1 aliphatic heterocycles. The fourth-order valence-electron chi connectivity index (χ4n) is 3.36. The van der Waals surface area contributed by atoms with Crippen molar-refractivity contribution in [2.45, 2.75) is 39.3 Å². The molecule has 1 nitrogen and oxygen atoms in total. The topological polar surface area (TPSA) is 9.23 Å². The normalized spacial score (nSPS) is 38.8. The van der Waals surface area contributed by atoms with E-state index in [1.165, 1.54) is 25.5 Å². The average molecular weight is 178 g/mol. The third kappa shape index (κ3) is 1.83. The lowest BCUT2D eigenvalue weighted by atomic mass is 9.43. The zero-order valence-corrected chi connectivity index (χ0v) is 8.97. The Morgan fingerprint density at radius 2 is 2.38 bits per heavy atom. The maximum Gasteiger partial charge on any atom is 0.293 e. The Balaban J connectivity index is 2.19. The molecule has 1 saturated heterocycles. The molecule has 2 heteroatoms. The van der Waals surface area contributed by atoms with E-state index in [0.29, 0.717) is 12.3 Å². The Morgan fingerprint density at radius 1 is 1.62 bits per heavy atom. The standard InChI is InChI=1S/C11H19BO/c1-9-4-10-6-11(2,5-9)8-12(7-10)13-3/h5,10H,4,6-8H2,1-3H3/t10-,11+/m0/s1. The van der Waals surface area contributed by atoms with Crippen molar-refractivity contribution < 1.29 is 4.65 Å². The lowest BCUT2D eigenvalue weighted by molar-refractivity contribution is 0.266. The van der Waals surface area contributed by atoms with E-state index in [1.54, 1.807) is 5.57 Å². The second-order valence-electron chi connectivity index (χ2n) is 5.22. The summed E-state index contributed by atoms with van der Waals surface area (Å²) in [7, 11) is 1.85. The zero-order valence-electron chi connectivity index (χ0n) is 8.97. The van der Waals surface area contributed by atoms with Gasteiger partial charge in [-0.05, 0) is 43.7 Å². The van der Waals surface area contributed by atoms with E-state index in [1.807, 2.05) is 7.11 Å². The van der Waals surface area contributed by atoms with Gasteiger partial charge >= 0.3 is 0 Å². The largest absolute Gasteiger partial charge is 0.438 e. The summed E-state index contributed by atoms with van der Waals surface area (Å²) in [5.74, 6) is 0.883. The van der Waals surface area contributed by atoms with Crippen molar-refractivity contribution in [3.8, 4) is 0 Å². The first-order chi connectivity index (χ1) is 6.11. The molecule has 2 bridgehead atoms. The molecular formula is C11H19BO. The van der Waals surface area contributed by atoms with Gasteiger partial charge < -0.3 is 4.65 Å². The summed E-state index contributed by atoms with van der Waals surface area (Å²) in [5.41, 5.74) is 2.03. The van der Waals surface area contributed by atoms with Gasteiger partial charge in [-0.15, -0.1) is 0 Å². The first-order valence-electron chi connectivity index (χ1n) is 5.32. The highest BCUT2D eigenvalue weighted by Gasteiger charge is 2.40. The zero-order chi connectivity index (χ0) is 9.47. The second-order valence-corrected chi connectivity index (χ2v) is 5.22. The first kappa shape index (κ1) is 9.33. The van der Waals surface area contributed by atoms with E-state index < -0.39 is 0 Å². The van der Waals surface area contributed by atoms with Gasteiger partial charge in [-0.3, -0.25) is 0 Å². The minimum atomic E-state index is 0.436. The Morgan fingerprint density at radius 3 is 3.00 bits per heavy atom. The van der Waals surface area contributed by atoms with Crippen LogP contribution in [0.3, 0.4) is 0 Å². The van der Waals surface area contributed by atoms with E-state index in [0.717, 1.165) is 5.92 Å².